The predicted molar refractivity (Wildman–Crippen MR) is 75.7 cm³/mol. The van der Waals surface area contributed by atoms with Crippen molar-refractivity contribution in [3.63, 3.8) is 0 Å². The standard InChI is InChI=1S/C12H12N4O3S/c13-10-12(16(18)19)20-11(15-10)9(17)7-14-6-8-4-2-1-3-5-8/h1-5,14H,6-7,13H2. The number of hydrogen-bond acceptors (Lipinski definition) is 7. The fourth-order valence-corrected chi connectivity index (χ4v) is 2.30. The van der Waals surface area contributed by atoms with Crippen molar-refractivity contribution < 1.29 is 9.72 Å². The molecule has 0 bridgehead atoms. The summed E-state index contributed by atoms with van der Waals surface area (Å²) in [6.45, 7) is 0.592. The zero-order chi connectivity index (χ0) is 14.5. The third kappa shape index (κ3) is 3.37. The average molecular weight is 292 g/mol. The topological polar surface area (TPSA) is 111 Å². The molecule has 0 saturated heterocycles. The van der Waals surface area contributed by atoms with Crippen molar-refractivity contribution in [1.29, 1.82) is 0 Å². The summed E-state index contributed by atoms with van der Waals surface area (Å²) < 4.78 is 0. The Morgan fingerprint density at radius 2 is 2.10 bits per heavy atom. The fraction of sp³-hybridized carbons (Fsp3) is 0.167. The second-order valence-electron chi connectivity index (χ2n) is 3.98. The van der Waals surface area contributed by atoms with Crippen LogP contribution in [0.3, 0.4) is 0 Å². The summed E-state index contributed by atoms with van der Waals surface area (Å²) in [6.07, 6.45) is 0. The molecule has 0 atom stereocenters. The van der Waals surface area contributed by atoms with E-state index in [2.05, 4.69) is 10.3 Å². The smallest absolute Gasteiger partial charge is 0.368 e. The van der Waals surface area contributed by atoms with Gasteiger partial charge in [0.25, 0.3) is 0 Å². The number of carbonyl (C=O) groups excluding carboxylic acids is 1. The van der Waals surface area contributed by atoms with Gasteiger partial charge in [-0.3, -0.25) is 14.9 Å². The van der Waals surface area contributed by atoms with Gasteiger partial charge >= 0.3 is 5.00 Å². The Bertz CT molecular complexity index is 627. The van der Waals surface area contributed by atoms with Crippen LogP contribution >= 0.6 is 11.3 Å². The quantitative estimate of drug-likeness (QED) is 0.475. The summed E-state index contributed by atoms with van der Waals surface area (Å²) in [5, 5.41) is 13.3. The van der Waals surface area contributed by atoms with Gasteiger partial charge in [-0.15, -0.1) is 0 Å². The number of anilines is 1. The summed E-state index contributed by atoms with van der Waals surface area (Å²) in [4.78, 5) is 25.5. The van der Waals surface area contributed by atoms with Crippen LogP contribution in [0.15, 0.2) is 30.3 Å². The van der Waals surface area contributed by atoms with Gasteiger partial charge in [-0.2, -0.15) is 0 Å². The fourth-order valence-electron chi connectivity index (χ4n) is 1.57. The molecular weight excluding hydrogens is 280 g/mol. The number of thiazole rings is 1. The first-order chi connectivity index (χ1) is 9.58. The lowest BCUT2D eigenvalue weighted by molar-refractivity contribution is -0.379. The van der Waals surface area contributed by atoms with E-state index in [1.54, 1.807) is 0 Å². The first-order valence-electron chi connectivity index (χ1n) is 5.76. The summed E-state index contributed by atoms with van der Waals surface area (Å²) in [5.41, 5.74) is 6.43. The molecule has 0 saturated carbocycles. The molecule has 0 aliphatic heterocycles. The second kappa shape index (κ2) is 6.22. The van der Waals surface area contributed by atoms with E-state index in [9.17, 15) is 14.9 Å². The first kappa shape index (κ1) is 14.1. The van der Waals surface area contributed by atoms with Crippen LogP contribution in [0.5, 0.6) is 0 Å². The molecule has 8 heteroatoms. The molecule has 7 nitrogen and oxygen atoms in total. The number of nitro groups is 1. The number of ketones is 1. The summed E-state index contributed by atoms with van der Waals surface area (Å²) in [7, 11) is 0. The SMILES string of the molecule is Nc1nc(C(=O)CNCc2ccccc2)sc1[N+](=O)[O-]. The van der Waals surface area contributed by atoms with Crippen LogP contribution in [-0.2, 0) is 6.54 Å². The van der Waals surface area contributed by atoms with Crippen LogP contribution in [0.2, 0.25) is 0 Å². The third-order valence-electron chi connectivity index (χ3n) is 2.50. The maximum absolute atomic E-state index is 11.8. The van der Waals surface area contributed by atoms with Gasteiger partial charge in [-0.1, -0.05) is 30.3 Å². The highest BCUT2D eigenvalue weighted by Crippen LogP contribution is 2.28. The van der Waals surface area contributed by atoms with Crippen molar-refractivity contribution >= 4 is 27.9 Å². The highest BCUT2D eigenvalue weighted by molar-refractivity contribution is 7.17. The van der Waals surface area contributed by atoms with Gasteiger partial charge in [0, 0.05) is 6.54 Å². The molecule has 0 fully saturated rings. The van der Waals surface area contributed by atoms with E-state index in [1.165, 1.54) is 0 Å². The van der Waals surface area contributed by atoms with Gasteiger partial charge in [0.15, 0.2) is 5.01 Å². The van der Waals surface area contributed by atoms with E-state index in [0.29, 0.717) is 17.9 Å². The van der Waals surface area contributed by atoms with Gasteiger partial charge in [-0.25, -0.2) is 4.98 Å². The number of aromatic nitrogens is 1. The molecular formula is C12H12N4O3S. The van der Waals surface area contributed by atoms with Crippen molar-refractivity contribution in [1.82, 2.24) is 10.3 Å². The highest BCUT2D eigenvalue weighted by atomic mass is 32.1. The van der Waals surface area contributed by atoms with E-state index in [1.807, 2.05) is 30.3 Å². The normalized spacial score (nSPS) is 10.4. The number of nitrogens with two attached hydrogens (primary N) is 1. The lowest BCUT2D eigenvalue weighted by atomic mass is 10.2. The summed E-state index contributed by atoms with van der Waals surface area (Å²) >= 11 is 0.697. The molecule has 2 aromatic rings. The lowest BCUT2D eigenvalue weighted by Crippen LogP contribution is -2.22. The van der Waals surface area contributed by atoms with Gasteiger partial charge in [0.05, 0.1) is 11.5 Å². The maximum atomic E-state index is 11.8. The molecule has 0 spiro atoms. The van der Waals surface area contributed by atoms with Crippen LogP contribution in [0, 0.1) is 10.1 Å². The number of benzene rings is 1. The minimum Gasteiger partial charge on any atom is -0.377 e. The summed E-state index contributed by atoms with van der Waals surface area (Å²) in [5.74, 6) is -0.530. The molecule has 0 amide bonds. The Balaban J connectivity index is 1.92. The molecule has 20 heavy (non-hydrogen) atoms. The molecule has 0 aliphatic carbocycles. The van der Waals surface area contributed by atoms with Crippen LogP contribution in [-0.4, -0.2) is 22.2 Å². The molecule has 104 valence electrons. The number of Topliss-reactive ketones (excluding diaryl/α,β-unsaturated/α-hetero) is 1. The molecule has 0 aliphatic rings. The van der Waals surface area contributed by atoms with Crippen LogP contribution in [0.4, 0.5) is 10.8 Å². The average Bonchev–Trinajstić information content (AvgIpc) is 2.82. The van der Waals surface area contributed by atoms with Gasteiger partial charge in [-0.05, 0) is 16.9 Å². The molecule has 3 N–H and O–H groups in total. The summed E-state index contributed by atoms with van der Waals surface area (Å²) in [6, 6.07) is 9.59. The zero-order valence-corrected chi connectivity index (χ0v) is 11.2. The van der Waals surface area contributed by atoms with E-state index in [4.69, 9.17) is 5.73 Å². The van der Waals surface area contributed by atoms with E-state index < -0.39 is 4.92 Å². The number of hydrogen-bond donors (Lipinski definition) is 2. The van der Waals surface area contributed by atoms with E-state index >= 15 is 0 Å². The number of nitrogen functional groups attached to an aromatic ring is 1. The Hall–Kier alpha value is -2.32. The Kier molecular flexibility index (Phi) is 4.38. The van der Waals surface area contributed by atoms with Crippen molar-refractivity contribution in [3.05, 3.63) is 51.0 Å². The zero-order valence-electron chi connectivity index (χ0n) is 10.4. The van der Waals surface area contributed by atoms with Crippen molar-refractivity contribution in [2.45, 2.75) is 6.54 Å². The third-order valence-corrected chi connectivity index (χ3v) is 3.56. The Morgan fingerprint density at radius 1 is 1.40 bits per heavy atom. The van der Waals surface area contributed by atoms with Crippen LogP contribution in [0.1, 0.15) is 15.4 Å². The molecule has 0 radical (unpaired) electrons. The highest BCUT2D eigenvalue weighted by Gasteiger charge is 2.22. The van der Waals surface area contributed by atoms with Crippen molar-refractivity contribution in [3.8, 4) is 0 Å². The minimum absolute atomic E-state index is 0.0507. The minimum atomic E-state index is -0.638. The second-order valence-corrected chi connectivity index (χ2v) is 4.96. The van der Waals surface area contributed by atoms with E-state index in [0.717, 1.165) is 5.56 Å². The van der Waals surface area contributed by atoms with Crippen LogP contribution < -0.4 is 11.1 Å². The Labute approximate surface area is 118 Å². The number of rotatable bonds is 6. The van der Waals surface area contributed by atoms with Gasteiger partial charge < -0.3 is 11.1 Å². The number of carbonyl (C=O) groups is 1. The Morgan fingerprint density at radius 3 is 2.70 bits per heavy atom. The first-order valence-corrected chi connectivity index (χ1v) is 6.58. The number of nitrogens with one attached hydrogen (secondary N) is 1. The molecule has 2 rings (SSSR count). The molecule has 1 aromatic carbocycles. The van der Waals surface area contributed by atoms with Gasteiger partial charge in [0.2, 0.25) is 11.6 Å². The molecule has 1 heterocycles. The van der Waals surface area contributed by atoms with Crippen LogP contribution in [0.25, 0.3) is 0 Å². The van der Waals surface area contributed by atoms with Crippen molar-refractivity contribution in [2.24, 2.45) is 0 Å². The lowest BCUT2D eigenvalue weighted by Gasteiger charge is -2.02. The predicted octanol–water partition coefficient (Wildman–Crippen LogP) is 1.61. The maximum Gasteiger partial charge on any atom is 0.368 e. The largest absolute Gasteiger partial charge is 0.377 e. The van der Waals surface area contributed by atoms with E-state index in [-0.39, 0.29) is 28.2 Å². The molecule has 1 aromatic heterocycles. The van der Waals surface area contributed by atoms with Crippen molar-refractivity contribution in [2.75, 3.05) is 12.3 Å². The van der Waals surface area contributed by atoms with Gasteiger partial charge in [0.1, 0.15) is 0 Å². The molecule has 0 unspecified atom stereocenters. The number of nitrogens with zero attached hydrogens (tertiary/aromatic N) is 2. The monoisotopic (exact) mass is 292 g/mol.